The molecule has 1 N–H and O–H groups in total. The van der Waals surface area contributed by atoms with E-state index in [2.05, 4.69) is 19.8 Å². The molecule has 8 heteroatoms. The number of pyridine rings is 2. The van der Waals surface area contributed by atoms with Crippen LogP contribution in [0, 0.1) is 5.41 Å². The molecule has 0 bridgehead atoms. The molecule has 6 rings (SSSR count). The van der Waals surface area contributed by atoms with Crippen LogP contribution in [0.1, 0.15) is 19.3 Å². The maximum atomic E-state index is 10.5. The first-order chi connectivity index (χ1) is 15.6. The van der Waals surface area contributed by atoms with E-state index in [1.54, 1.807) is 12.4 Å². The van der Waals surface area contributed by atoms with Gasteiger partial charge in [0.25, 0.3) is 0 Å². The number of piperidine rings is 1. The predicted octanol–water partition coefficient (Wildman–Crippen LogP) is 2.14. The number of hydrogen-bond donors (Lipinski definition) is 1. The van der Waals surface area contributed by atoms with Crippen molar-refractivity contribution in [2.75, 3.05) is 50.8 Å². The predicted molar refractivity (Wildman–Crippen MR) is 121 cm³/mol. The smallest absolute Gasteiger partial charge is 0.162 e. The summed E-state index contributed by atoms with van der Waals surface area (Å²) in [7, 11) is 0. The quantitative estimate of drug-likeness (QED) is 0.671. The first kappa shape index (κ1) is 20.0. The third-order valence-electron chi connectivity index (χ3n) is 7.32. The third kappa shape index (κ3) is 3.62. The fourth-order valence-electron chi connectivity index (χ4n) is 5.44. The van der Waals surface area contributed by atoms with Gasteiger partial charge in [-0.15, -0.1) is 0 Å². The number of anilines is 1. The minimum atomic E-state index is -0.635. The minimum absolute atomic E-state index is 0.343. The minimum Gasteiger partial charge on any atom is -0.384 e. The summed E-state index contributed by atoms with van der Waals surface area (Å²) in [5.41, 5.74) is 1.54. The van der Waals surface area contributed by atoms with E-state index >= 15 is 0 Å². The molecule has 0 amide bonds. The molecule has 8 nitrogen and oxygen atoms in total. The molecule has 3 saturated heterocycles. The maximum absolute atomic E-state index is 10.5. The standard InChI is InChI=1S/C24H28N6O2/c31-24(16-32-17-24)15-29-10-4-23(14-29)5-11-30(12-6-23)22-19-3-9-26-13-20(19)27-21(28-22)18-1-7-25-8-2-18/h1-3,7-9,13,31H,4-6,10-12,14-17H2. The van der Waals surface area contributed by atoms with E-state index in [0.29, 0.717) is 24.5 Å². The number of ether oxygens (including phenoxy) is 1. The van der Waals surface area contributed by atoms with Crippen molar-refractivity contribution in [2.24, 2.45) is 5.41 Å². The van der Waals surface area contributed by atoms with Crippen LogP contribution in [0.3, 0.4) is 0 Å². The lowest BCUT2D eigenvalue weighted by Crippen LogP contribution is -2.57. The molecular weight excluding hydrogens is 404 g/mol. The second-order valence-electron chi connectivity index (χ2n) is 9.66. The van der Waals surface area contributed by atoms with Gasteiger partial charge in [0.15, 0.2) is 5.82 Å². The van der Waals surface area contributed by atoms with Crippen LogP contribution in [-0.2, 0) is 4.74 Å². The van der Waals surface area contributed by atoms with Crippen molar-refractivity contribution in [1.82, 2.24) is 24.8 Å². The molecule has 0 saturated carbocycles. The molecule has 3 aliphatic rings. The van der Waals surface area contributed by atoms with Gasteiger partial charge in [-0.2, -0.15) is 0 Å². The molecule has 0 atom stereocenters. The zero-order valence-corrected chi connectivity index (χ0v) is 18.2. The summed E-state index contributed by atoms with van der Waals surface area (Å²) in [5, 5.41) is 11.5. The van der Waals surface area contributed by atoms with Crippen LogP contribution in [0.15, 0.2) is 43.0 Å². The number of hydrogen-bond acceptors (Lipinski definition) is 8. The van der Waals surface area contributed by atoms with Crippen molar-refractivity contribution in [3.05, 3.63) is 43.0 Å². The SMILES string of the molecule is OC1(CN2CCC3(CCN(c4nc(-c5ccncc5)nc5cnccc45)CC3)C2)COC1. The van der Waals surface area contributed by atoms with Gasteiger partial charge in [-0.3, -0.25) is 14.9 Å². The number of fused-ring (bicyclic) bond motifs is 1. The van der Waals surface area contributed by atoms with Crippen LogP contribution in [0.25, 0.3) is 22.3 Å². The Kier molecular flexibility index (Phi) is 4.82. The van der Waals surface area contributed by atoms with Crippen LogP contribution in [0.4, 0.5) is 5.82 Å². The first-order valence-electron chi connectivity index (χ1n) is 11.4. The Hall–Kier alpha value is -2.68. The van der Waals surface area contributed by atoms with Crippen molar-refractivity contribution >= 4 is 16.7 Å². The lowest BCUT2D eigenvalue weighted by atomic mass is 9.77. The molecule has 3 aromatic heterocycles. The topological polar surface area (TPSA) is 87.5 Å². The number of nitrogens with zero attached hydrogens (tertiary/aromatic N) is 6. The third-order valence-corrected chi connectivity index (χ3v) is 7.32. The van der Waals surface area contributed by atoms with Gasteiger partial charge in [0.05, 0.1) is 24.9 Å². The highest BCUT2D eigenvalue weighted by Gasteiger charge is 2.45. The number of rotatable bonds is 4. The van der Waals surface area contributed by atoms with Crippen molar-refractivity contribution in [2.45, 2.75) is 24.9 Å². The second kappa shape index (κ2) is 7.72. The maximum Gasteiger partial charge on any atom is 0.162 e. The van der Waals surface area contributed by atoms with Crippen LogP contribution >= 0.6 is 0 Å². The summed E-state index contributed by atoms with van der Waals surface area (Å²) in [4.78, 5) is 23.0. The van der Waals surface area contributed by atoms with E-state index in [-0.39, 0.29) is 0 Å². The molecule has 0 radical (unpaired) electrons. The summed E-state index contributed by atoms with van der Waals surface area (Å²) < 4.78 is 5.22. The molecule has 3 fully saturated rings. The summed E-state index contributed by atoms with van der Waals surface area (Å²) in [6, 6.07) is 5.91. The molecule has 32 heavy (non-hydrogen) atoms. The molecule has 1 spiro atoms. The Morgan fingerprint density at radius 2 is 1.69 bits per heavy atom. The Morgan fingerprint density at radius 3 is 2.44 bits per heavy atom. The van der Waals surface area contributed by atoms with E-state index in [1.165, 1.54) is 6.42 Å². The largest absolute Gasteiger partial charge is 0.384 e. The molecule has 166 valence electrons. The van der Waals surface area contributed by atoms with E-state index < -0.39 is 5.60 Å². The normalized spacial score (nSPS) is 22.3. The molecule has 3 aliphatic heterocycles. The Morgan fingerprint density at radius 1 is 0.938 bits per heavy atom. The highest BCUT2D eigenvalue weighted by molar-refractivity contribution is 5.90. The van der Waals surface area contributed by atoms with E-state index in [4.69, 9.17) is 14.7 Å². The van der Waals surface area contributed by atoms with Crippen molar-refractivity contribution in [3.8, 4) is 11.4 Å². The zero-order valence-electron chi connectivity index (χ0n) is 18.2. The molecule has 0 aliphatic carbocycles. The van der Waals surface area contributed by atoms with Gasteiger partial charge in [-0.05, 0) is 49.4 Å². The van der Waals surface area contributed by atoms with E-state index in [1.807, 2.05) is 30.6 Å². The Balaban J connectivity index is 1.22. The lowest BCUT2D eigenvalue weighted by Gasteiger charge is -2.42. The molecule has 0 aromatic carbocycles. The van der Waals surface area contributed by atoms with Crippen molar-refractivity contribution in [1.29, 1.82) is 0 Å². The van der Waals surface area contributed by atoms with Crippen LogP contribution in [-0.4, -0.2) is 81.5 Å². The van der Waals surface area contributed by atoms with Crippen LogP contribution in [0.2, 0.25) is 0 Å². The first-order valence-corrected chi connectivity index (χ1v) is 11.4. The average Bonchev–Trinajstić information content (AvgIpc) is 3.20. The highest BCUT2D eigenvalue weighted by Crippen LogP contribution is 2.42. The number of aromatic nitrogens is 4. The number of aliphatic hydroxyl groups is 1. The van der Waals surface area contributed by atoms with Crippen LogP contribution < -0.4 is 4.90 Å². The monoisotopic (exact) mass is 432 g/mol. The van der Waals surface area contributed by atoms with Gasteiger partial charge >= 0.3 is 0 Å². The number of β-amino-alcohol motifs (C(OH)–C–C–N with tert-alkyl or cyclic N) is 1. The molecule has 0 unspecified atom stereocenters. The fourth-order valence-corrected chi connectivity index (χ4v) is 5.44. The van der Waals surface area contributed by atoms with Gasteiger partial charge in [0.1, 0.15) is 11.4 Å². The van der Waals surface area contributed by atoms with Gasteiger partial charge in [-0.1, -0.05) is 0 Å². The summed E-state index contributed by atoms with van der Waals surface area (Å²) in [6.07, 6.45) is 10.7. The zero-order chi connectivity index (χ0) is 21.6. The van der Waals surface area contributed by atoms with Crippen LogP contribution in [0.5, 0.6) is 0 Å². The summed E-state index contributed by atoms with van der Waals surface area (Å²) >= 11 is 0. The van der Waals surface area contributed by atoms with E-state index in [9.17, 15) is 5.11 Å². The van der Waals surface area contributed by atoms with Gasteiger partial charge in [0.2, 0.25) is 0 Å². The number of likely N-dealkylation sites (tertiary alicyclic amines) is 1. The summed E-state index contributed by atoms with van der Waals surface area (Å²) in [6.45, 7) is 5.77. The summed E-state index contributed by atoms with van der Waals surface area (Å²) in [5.74, 6) is 1.71. The second-order valence-corrected chi connectivity index (χ2v) is 9.66. The van der Waals surface area contributed by atoms with Gasteiger partial charge in [-0.25, -0.2) is 9.97 Å². The highest BCUT2D eigenvalue weighted by atomic mass is 16.5. The van der Waals surface area contributed by atoms with Crippen molar-refractivity contribution in [3.63, 3.8) is 0 Å². The van der Waals surface area contributed by atoms with Gasteiger partial charge < -0.3 is 14.7 Å². The Bertz CT molecular complexity index is 1110. The fraction of sp³-hybridized carbons (Fsp3) is 0.500. The van der Waals surface area contributed by atoms with Crippen molar-refractivity contribution < 1.29 is 9.84 Å². The lowest BCUT2D eigenvalue weighted by molar-refractivity contribution is -0.186. The van der Waals surface area contributed by atoms with E-state index in [0.717, 1.165) is 67.8 Å². The molecule has 3 aromatic rings. The average molecular weight is 433 g/mol. The molecular formula is C24H28N6O2. The van der Waals surface area contributed by atoms with Gasteiger partial charge in [0, 0.05) is 55.7 Å². The molecule has 6 heterocycles. The Labute approximate surface area is 187 Å².